The van der Waals surface area contributed by atoms with Crippen molar-refractivity contribution in [2.75, 3.05) is 0 Å². The third kappa shape index (κ3) is 1.87. The van der Waals surface area contributed by atoms with Gasteiger partial charge in [-0.05, 0) is 0 Å². The molecule has 72 valence electrons. The highest BCUT2D eigenvalue weighted by molar-refractivity contribution is 6.32. The molecule has 1 rings (SSSR count). The van der Waals surface area contributed by atoms with Crippen molar-refractivity contribution in [3.05, 3.63) is 22.5 Å². The minimum atomic E-state index is -2.87. The van der Waals surface area contributed by atoms with Crippen LogP contribution in [0.15, 0.2) is 6.20 Å². The molecule has 2 N–H and O–H groups in total. The number of aliphatic hydroxyl groups excluding tert-OH is 1. The zero-order valence-electron chi connectivity index (χ0n) is 6.34. The van der Waals surface area contributed by atoms with Crippen LogP contribution in [-0.2, 0) is 6.61 Å². The Morgan fingerprint density at radius 1 is 1.54 bits per heavy atom. The van der Waals surface area contributed by atoms with Gasteiger partial charge in [-0.3, -0.25) is 4.98 Å². The average Bonchev–Trinajstić information content (AvgIpc) is 2.08. The zero-order valence-corrected chi connectivity index (χ0v) is 7.09. The number of aliphatic hydroxyl groups is 1. The number of rotatable bonds is 2. The lowest BCUT2D eigenvalue weighted by molar-refractivity contribution is 0.145. The maximum Gasteiger partial charge on any atom is 0.267 e. The second-order valence-electron chi connectivity index (χ2n) is 2.28. The van der Waals surface area contributed by atoms with E-state index in [1.54, 1.807) is 0 Å². The Kier molecular flexibility index (Phi) is 3.00. The Bertz CT molecular complexity index is 320. The van der Waals surface area contributed by atoms with E-state index in [1.807, 2.05) is 0 Å². The SMILES string of the molecule is OCc1ncc(O)c(Cl)c1C(F)F. The molecule has 0 amide bonds. The van der Waals surface area contributed by atoms with Gasteiger partial charge in [-0.25, -0.2) is 8.78 Å². The fraction of sp³-hybridized carbons (Fsp3) is 0.286. The number of hydrogen-bond donors (Lipinski definition) is 2. The first kappa shape index (κ1) is 10.1. The molecule has 13 heavy (non-hydrogen) atoms. The van der Waals surface area contributed by atoms with E-state index in [1.165, 1.54) is 0 Å². The summed E-state index contributed by atoms with van der Waals surface area (Å²) in [6.07, 6.45) is -1.95. The first-order valence-corrected chi connectivity index (χ1v) is 3.71. The third-order valence-corrected chi connectivity index (χ3v) is 1.88. The van der Waals surface area contributed by atoms with Gasteiger partial charge in [-0.15, -0.1) is 0 Å². The van der Waals surface area contributed by atoms with Gasteiger partial charge < -0.3 is 10.2 Å². The summed E-state index contributed by atoms with van der Waals surface area (Å²) in [6.45, 7) is -0.639. The van der Waals surface area contributed by atoms with Gasteiger partial charge in [0.25, 0.3) is 6.43 Å². The molecule has 0 unspecified atom stereocenters. The molecule has 0 fully saturated rings. The highest BCUT2D eigenvalue weighted by Gasteiger charge is 2.20. The summed E-state index contributed by atoms with van der Waals surface area (Å²) in [4.78, 5) is 3.41. The van der Waals surface area contributed by atoms with Crippen LogP contribution in [0, 0.1) is 0 Å². The molecule has 0 aromatic carbocycles. The van der Waals surface area contributed by atoms with Crippen LogP contribution in [0.4, 0.5) is 8.78 Å². The number of hydrogen-bond acceptors (Lipinski definition) is 3. The van der Waals surface area contributed by atoms with Crippen LogP contribution in [0.2, 0.25) is 5.02 Å². The van der Waals surface area contributed by atoms with Gasteiger partial charge in [0, 0.05) is 0 Å². The van der Waals surface area contributed by atoms with E-state index in [9.17, 15) is 8.78 Å². The van der Waals surface area contributed by atoms with Crippen molar-refractivity contribution in [1.29, 1.82) is 0 Å². The van der Waals surface area contributed by atoms with Crippen LogP contribution < -0.4 is 0 Å². The number of aromatic nitrogens is 1. The summed E-state index contributed by atoms with van der Waals surface area (Å²) in [5, 5.41) is 17.1. The van der Waals surface area contributed by atoms with E-state index in [-0.39, 0.29) is 5.69 Å². The lowest BCUT2D eigenvalue weighted by atomic mass is 10.2. The molecule has 3 nitrogen and oxygen atoms in total. The molecule has 6 heteroatoms. The molecule has 0 aliphatic rings. The zero-order chi connectivity index (χ0) is 10.0. The van der Waals surface area contributed by atoms with Crippen LogP contribution in [0.5, 0.6) is 5.75 Å². The van der Waals surface area contributed by atoms with Crippen molar-refractivity contribution in [3.63, 3.8) is 0 Å². The predicted molar refractivity (Wildman–Crippen MR) is 41.8 cm³/mol. The summed E-state index contributed by atoms with van der Waals surface area (Å²) in [6, 6.07) is 0. The quantitative estimate of drug-likeness (QED) is 0.782. The Labute approximate surface area is 77.6 Å². The Balaban J connectivity index is 3.32. The smallest absolute Gasteiger partial charge is 0.267 e. The summed E-state index contributed by atoms with van der Waals surface area (Å²) >= 11 is 5.39. The normalized spacial score (nSPS) is 10.8. The topological polar surface area (TPSA) is 53.4 Å². The van der Waals surface area contributed by atoms with E-state index in [2.05, 4.69) is 4.98 Å². The van der Waals surface area contributed by atoms with E-state index < -0.39 is 29.4 Å². The van der Waals surface area contributed by atoms with Crippen molar-refractivity contribution >= 4 is 11.6 Å². The lowest BCUT2D eigenvalue weighted by Gasteiger charge is -2.08. The molecule has 0 atom stereocenters. The third-order valence-electron chi connectivity index (χ3n) is 1.48. The monoisotopic (exact) mass is 209 g/mol. The Hall–Kier alpha value is -0.940. The second kappa shape index (κ2) is 3.85. The van der Waals surface area contributed by atoms with Gasteiger partial charge in [-0.1, -0.05) is 11.6 Å². The van der Waals surface area contributed by atoms with E-state index in [4.69, 9.17) is 21.8 Å². The van der Waals surface area contributed by atoms with Crippen molar-refractivity contribution in [2.45, 2.75) is 13.0 Å². The number of alkyl halides is 2. The molecule has 0 saturated heterocycles. The maximum absolute atomic E-state index is 12.3. The fourth-order valence-electron chi connectivity index (χ4n) is 0.878. The van der Waals surface area contributed by atoms with Crippen LogP contribution >= 0.6 is 11.6 Å². The maximum atomic E-state index is 12.3. The molecule has 0 aliphatic heterocycles. The molecular weight excluding hydrogens is 204 g/mol. The molecule has 0 radical (unpaired) electrons. The standard InChI is InChI=1S/C7H6ClF2NO2/c8-6-4(13)1-11-3(2-12)5(6)7(9)10/h1,7,12-13H,2H2. The van der Waals surface area contributed by atoms with Crippen LogP contribution in [0.3, 0.4) is 0 Å². The molecule has 0 aliphatic carbocycles. The molecule has 0 saturated carbocycles. The van der Waals surface area contributed by atoms with Crippen LogP contribution in [0.1, 0.15) is 17.7 Å². The largest absolute Gasteiger partial charge is 0.505 e. The molecule has 1 aromatic rings. The summed E-state index contributed by atoms with van der Waals surface area (Å²) < 4.78 is 24.6. The highest BCUT2D eigenvalue weighted by atomic mass is 35.5. The van der Waals surface area contributed by atoms with Crippen LogP contribution in [0.25, 0.3) is 0 Å². The summed E-state index contributed by atoms with van der Waals surface area (Å²) in [5.41, 5.74) is -0.845. The van der Waals surface area contributed by atoms with Gasteiger partial charge in [0.2, 0.25) is 0 Å². The Morgan fingerprint density at radius 3 is 2.62 bits per heavy atom. The van der Waals surface area contributed by atoms with Crippen molar-refractivity contribution in [3.8, 4) is 5.75 Å². The first-order chi connectivity index (χ1) is 6.07. The van der Waals surface area contributed by atoms with Crippen molar-refractivity contribution < 1.29 is 19.0 Å². The molecular formula is C7H6ClF2NO2. The van der Waals surface area contributed by atoms with Gasteiger partial charge >= 0.3 is 0 Å². The molecule has 1 aromatic heterocycles. The van der Waals surface area contributed by atoms with Crippen molar-refractivity contribution in [2.24, 2.45) is 0 Å². The second-order valence-corrected chi connectivity index (χ2v) is 2.65. The number of halogens is 3. The van der Waals surface area contributed by atoms with Gasteiger partial charge in [0.15, 0.2) is 5.75 Å². The van der Waals surface area contributed by atoms with Gasteiger partial charge in [0.05, 0.1) is 29.1 Å². The minimum Gasteiger partial charge on any atom is -0.505 e. The van der Waals surface area contributed by atoms with Crippen molar-refractivity contribution in [1.82, 2.24) is 4.98 Å². The number of aromatic hydroxyl groups is 1. The number of nitrogens with zero attached hydrogens (tertiary/aromatic N) is 1. The predicted octanol–water partition coefficient (Wildman–Crippen LogP) is 1.87. The lowest BCUT2D eigenvalue weighted by Crippen LogP contribution is -1.99. The summed E-state index contributed by atoms with van der Waals surface area (Å²) in [7, 11) is 0. The summed E-state index contributed by atoms with van der Waals surface area (Å²) in [5.74, 6) is -0.519. The number of pyridine rings is 1. The first-order valence-electron chi connectivity index (χ1n) is 3.33. The van der Waals surface area contributed by atoms with Gasteiger partial charge in [0.1, 0.15) is 0 Å². The average molecular weight is 210 g/mol. The highest BCUT2D eigenvalue weighted by Crippen LogP contribution is 2.34. The molecule has 1 heterocycles. The van der Waals surface area contributed by atoms with Gasteiger partial charge in [-0.2, -0.15) is 0 Å². The van der Waals surface area contributed by atoms with E-state index in [0.29, 0.717) is 0 Å². The minimum absolute atomic E-state index is 0.224. The molecule has 0 bridgehead atoms. The molecule has 0 spiro atoms. The van der Waals surface area contributed by atoms with Crippen LogP contribution in [-0.4, -0.2) is 15.2 Å². The van der Waals surface area contributed by atoms with E-state index in [0.717, 1.165) is 6.20 Å². The fourth-order valence-corrected chi connectivity index (χ4v) is 1.12. The van der Waals surface area contributed by atoms with E-state index >= 15 is 0 Å². The Morgan fingerprint density at radius 2 is 2.15 bits per heavy atom.